The van der Waals surface area contributed by atoms with Gasteiger partial charge in [0.05, 0.1) is 0 Å². The van der Waals surface area contributed by atoms with Gasteiger partial charge in [-0.2, -0.15) is 0 Å². The topological polar surface area (TPSA) is 62.5 Å². The van der Waals surface area contributed by atoms with Gasteiger partial charge in [-0.3, -0.25) is 4.79 Å². The van der Waals surface area contributed by atoms with Crippen LogP contribution < -0.4 is 4.90 Å². The molecule has 3 aliphatic rings. The highest BCUT2D eigenvalue weighted by Gasteiger charge is 2.35. The predicted octanol–water partition coefficient (Wildman–Crippen LogP) is 2.14. The first-order chi connectivity index (χ1) is 10.1. The SMILES string of the molecule is Cn1c2c(c3cc(C(=O)C(=O)O)ccc31)C1CCN2CC1. The number of aliphatic carboxylic acids is 1. The Balaban J connectivity index is 1.98. The summed E-state index contributed by atoms with van der Waals surface area (Å²) in [5.74, 6) is -0.462. The van der Waals surface area contributed by atoms with Gasteiger partial charge in [0.25, 0.3) is 5.78 Å². The molecule has 4 heterocycles. The number of anilines is 1. The number of carbonyl (C=O) groups excluding carboxylic acids is 1. The summed E-state index contributed by atoms with van der Waals surface area (Å²) >= 11 is 0. The molecule has 1 aromatic carbocycles. The smallest absolute Gasteiger partial charge is 0.377 e. The molecule has 1 fully saturated rings. The van der Waals surface area contributed by atoms with E-state index < -0.39 is 11.8 Å². The molecular formula is C16H16N2O3. The number of carboxylic acids is 1. The maximum atomic E-state index is 11.7. The number of aryl methyl sites for hydroxylation is 1. The van der Waals surface area contributed by atoms with Crippen molar-refractivity contribution >= 4 is 28.5 Å². The standard InChI is InChI=1S/C16H16N2O3/c1-17-12-3-2-10(14(19)16(20)21)8-11(12)13-9-4-6-18(7-5-9)15(13)17/h2-3,8-9H,4-7H2,1H3,(H,20,21). The molecule has 0 saturated carbocycles. The Morgan fingerprint density at radius 3 is 2.62 bits per heavy atom. The van der Waals surface area contributed by atoms with Crippen LogP contribution in [0.25, 0.3) is 10.9 Å². The van der Waals surface area contributed by atoms with Crippen LogP contribution in [0.5, 0.6) is 0 Å². The molecule has 5 rings (SSSR count). The van der Waals surface area contributed by atoms with Gasteiger partial charge in [-0.05, 0) is 37.0 Å². The van der Waals surface area contributed by atoms with E-state index in [1.54, 1.807) is 12.1 Å². The fourth-order valence-corrected chi connectivity index (χ4v) is 3.89. The molecule has 5 nitrogen and oxygen atoms in total. The van der Waals surface area contributed by atoms with Gasteiger partial charge < -0.3 is 14.6 Å². The normalized spacial score (nSPS) is 17.3. The van der Waals surface area contributed by atoms with Gasteiger partial charge in [0.1, 0.15) is 5.82 Å². The number of carbonyl (C=O) groups is 2. The van der Waals surface area contributed by atoms with E-state index in [1.807, 2.05) is 13.1 Å². The van der Waals surface area contributed by atoms with Crippen molar-refractivity contribution in [3.8, 4) is 0 Å². The van der Waals surface area contributed by atoms with Gasteiger partial charge in [0, 0.05) is 42.2 Å². The fraction of sp³-hybridized carbons (Fsp3) is 0.375. The number of carboxylic acid groups (broad SMARTS) is 1. The number of hydrogen-bond donors (Lipinski definition) is 1. The minimum atomic E-state index is -1.40. The Labute approximate surface area is 121 Å². The molecule has 5 heteroatoms. The molecule has 1 saturated heterocycles. The summed E-state index contributed by atoms with van der Waals surface area (Å²) < 4.78 is 2.17. The van der Waals surface area contributed by atoms with Gasteiger partial charge in [0.15, 0.2) is 0 Å². The summed E-state index contributed by atoms with van der Waals surface area (Å²) in [5, 5.41) is 9.93. The van der Waals surface area contributed by atoms with Crippen LogP contribution in [0.4, 0.5) is 5.82 Å². The van der Waals surface area contributed by atoms with Crippen LogP contribution in [0.15, 0.2) is 18.2 Å². The third-order valence-electron chi connectivity index (χ3n) is 4.87. The van der Waals surface area contributed by atoms with Crippen LogP contribution in [0.2, 0.25) is 0 Å². The number of nitrogens with zero attached hydrogens (tertiary/aromatic N) is 2. The van der Waals surface area contributed by atoms with Crippen molar-refractivity contribution in [3.05, 3.63) is 29.3 Å². The van der Waals surface area contributed by atoms with E-state index >= 15 is 0 Å². The summed E-state index contributed by atoms with van der Waals surface area (Å²) in [6, 6.07) is 5.23. The Hall–Kier alpha value is -2.30. The average Bonchev–Trinajstić information content (AvgIpc) is 2.83. The van der Waals surface area contributed by atoms with Crippen molar-refractivity contribution in [2.24, 2.45) is 7.05 Å². The molecule has 1 aromatic heterocycles. The number of piperidine rings is 1. The van der Waals surface area contributed by atoms with Crippen LogP contribution in [0, 0.1) is 0 Å². The van der Waals surface area contributed by atoms with Crippen LogP contribution in [0.1, 0.15) is 34.7 Å². The fourth-order valence-electron chi connectivity index (χ4n) is 3.89. The Kier molecular flexibility index (Phi) is 2.43. The average molecular weight is 284 g/mol. The molecule has 0 amide bonds. The number of Topliss-reactive ketones (excluding diaryl/α,β-unsaturated/α-hetero) is 1. The van der Waals surface area contributed by atoms with E-state index in [1.165, 1.54) is 11.4 Å². The first kappa shape index (κ1) is 12.4. The third-order valence-corrected chi connectivity index (χ3v) is 4.87. The zero-order valence-electron chi connectivity index (χ0n) is 11.8. The van der Waals surface area contributed by atoms with Crippen molar-refractivity contribution in [1.82, 2.24) is 4.57 Å². The lowest BCUT2D eigenvalue weighted by Gasteiger charge is -2.41. The first-order valence-corrected chi connectivity index (χ1v) is 7.23. The van der Waals surface area contributed by atoms with Crippen molar-refractivity contribution < 1.29 is 14.7 Å². The van der Waals surface area contributed by atoms with Crippen molar-refractivity contribution in [2.75, 3.05) is 18.0 Å². The lowest BCUT2D eigenvalue weighted by molar-refractivity contribution is -0.131. The molecule has 2 bridgehead atoms. The second-order valence-corrected chi connectivity index (χ2v) is 5.92. The summed E-state index contributed by atoms with van der Waals surface area (Å²) in [6.07, 6.45) is 2.28. The highest BCUT2D eigenvalue weighted by molar-refractivity contribution is 6.40. The van der Waals surface area contributed by atoms with Gasteiger partial charge in [-0.1, -0.05) is 0 Å². The Bertz CT molecular complexity index is 782. The number of benzene rings is 1. The molecule has 0 unspecified atom stereocenters. The van der Waals surface area contributed by atoms with Crippen LogP contribution in [-0.2, 0) is 11.8 Å². The number of rotatable bonds is 2. The molecule has 0 radical (unpaired) electrons. The highest BCUT2D eigenvalue weighted by Crippen LogP contribution is 2.47. The maximum absolute atomic E-state index is 11.7. The molecule has 108 valence electrons. The molecule has 0 atom stereocenters. The van der Waals surface area contributed by atoms with E-state index in [0.29, 0.717) is 5.92 Å². The Morgan fingerprint density at radius 2 is 1.95 bits per heavy atom. The molecule has 0 aliphatic carbocycles. The molecule has 21 heavy (non-hydrogen) atoms. The van der Waals surface area contributed by atoms with Crippen LogP contribution in [-0.4, -0.2) is 34.5 Å². The zero-order valence-corrected chi connectivity index (χ0v) is 11.8. The zero-order chi connectivity index (χ0) is 14.7. The molecule has 0 spiro atoms. The minimum absolute atomic E-state index is 0.264. The lowest BCUT2D eigenvalue weighted by atomic mass is 9.84. The number of aromatic nitrogens is 1. The summed E-state index contributed by atoms with van der Waals surface area (Å²) in [4.78, 5) is 25.0. The van der Waals surface area contributed by atoms with E-state index in [2.05, 4.69) is 9.47 Å². The summed E-state index contributed by atoms with van der Waals surface area (Å²) in [6.45, 7) is 2.17. The number of fused-ring (bicyclic) bond motifs is 3. The molecular weight excluding hydrogens is 268 g/mol. The summed E-state index contributed by atoms with van der Waals surface area (Å²) in [7, 11) is 2.04. The van der Waals surface area contributed by atoms with Gasteiger partial charge in [0.2, 0.25) is 0 Å². The van der Waals surface area contributed by atoms with Gasteiger partial charge in [-0.15, -0.1) is 0 Å². The molecule has 3 aliphatic heterocycles. The monoisotopic (exact) mass is 284 g/mol. The van der Waals surface area contributed by atoms with Crippen molar-refractivity contribution in [1.29, 1.82) is 0 Å². The summed E-state index contributed by atoms with van der Waals surface area (Å²) in [5.41, 5.74) is 2.63. The van der Waals surface area contributed by atoms with E-state index in [-0.39, 0.29) is 5.56 Å². The quantitative estimate of drug-likeness (QED) is 0.678. The maximum Gasteiger partial charge on any atom is 0.377 e. The van der Waals surface area contributed by atoms with Gasteiger partial charge >= 0.3 is 5.97 Å². The van der Waals surface area contributed by atoms with Crippen molar-refractivity contribution in [3.63, 3.8) is 0 Å². The van der Waals surface area contributed by atoms with Crippen molar-refractivity contribution in [2.45, 2.75) is 18.8 Å². The number of ketones is 1. The minimum Gasteiger partial charge on any atom is -0.475 e. The van der Waals surface area contributed by atoms with Crippen LogP contribution >= 0.6 is 0 Å². The second-order valence-electron chi connectivity index (χ2n) is 5.92. The third kappa shape index (κ3) is 1.57. The van der Waals surface area contributed by atoms with E-state index in [0.717, 1.165) is 36.8 Å². The molecule has 2 aromatic rings. The molecule has 1 N–H and O–H groups in total. The first-order valence-electron chi connectivity index (χ1n) is 7.23. The number of hydrogen-bond acceptors (Lipinski definition) is 3. The Morgan fingerprint density at radius 1 is 1.24 bits per heavy atom. The van der Waals surface area contributed by atoms with Gasteiger partial charge in [-0.25, -0.2) is 4.79 Å². The van der Waals surface area contributed by atoms with E-state index in [4.69, 9.17) is 5.11 Å². The second kappa shape index (κ2) is 4.10. The lowest BCUT2D eigenvalue weighted by Crippen LogP contribution is -2.39. The largest absolute Gasteiger partial charge is 0.475 e. The predicted molar refractivity (Wildman–Crippen MR) is 79.1 cm³/mol. The van der Waals surface area contributed by atoms with E-state index in [9.17, 15) is 9.59 Å². The highest BCUT2D eigenvalue weighted by atomic mass is 16.4. The van der Waals surface area contributed by atoms with Crippen LogP contribution in [0.3, 0.4) is 0 Å².